The van der Waals surface area contributed by atoms with Gasteiger partial charge in [0.15, 0.2) is 17.4 Å². The van der Waals surface area contributed by atoms with Gasteiger partial charge in [-0.05, 0) is 18.2 Å². The Morgan fingerprint density at radius 3 is 2.61 bits per heavy atom. The van der Waals surface area contributed by atoms with Crippen LogP contribution < -0.4 is 9.64 Å². The summed E-state index contributed by atoms with van der Waals surface area (Å²) in [6.45, 7) is 1.34. The van der Waals surface area contributed by atoms with Crippen LogP contribution in [0.3, 0.4) is 0 Å². The molecule has 188 valence electrons. The number of hydrogen-bond donors (Lipinski definition) is 1. The molecule has 0 spiro atoms. The molecule has 3 aromatic heterocycles. The Morgan fingerprint density at radius 1 is 1.11 bits per heavy atom. The number of piperidine rings is 1. The van der Waals surface area contributed by atoms with Crippen molar-refractivity contribution in [1.29, 1.82) is 0 Å². The monoisotopic (exact) mass is 496 g/mol. The molecule has 0 aliphatic carbocycles. The Labute approximate surface area is 206 Å². The maximum Gasteiger partial charge on any atom is 0.167 e. The number of fused-ring (bicyclic) bond motifs is 1. The molecule has 1 aliphatic rings. The molecule has 0 saturated carbocycles. The van der Waals surface area contributed by atoms with E-state index >= 15 is 0 Å². The molecule has 0 unspecified atom stereocenters. The van der Waals surface area contributed by atoms with Gasteiger partial charge in [0.1, 0.15) is 29.2 Å². The number of benzene rings is 1. The van der Waals surface area contributed by atoms with Crippen molar-refractivity contribution in [3.05, 3.63) is 60.2 Å². The van der Waals surface area contributed by atoms with E-state index in [1.54, 1.807) is 23.1 Å². The molecule has 9 nitrogen and oxygen atoms in total. The van der Waals surface area contributed by atoms with E-state index in [4.69, 9.17) is 19.4 Å². The first-order valence-corrected chi connectivity index (χ1v) is 11.6. The smallest absolute Gasteiger partial charge is 0.167 e. The minimum absolute atomic E-state index is 0.0499. The minimum atomic E-state index is -0.868. The summed E-state index contributed by atoms with van der Waals surface area (Å²) in [4.78, 5) is 16.2. The summed E-state index contributed by atoms with van der Waals surface area (Å²) < 4.78 is 39.8. The van der Waals surface area contributed by atoms with E-state index in [9.17, 15) is 13.9 Å². The molecule has 36 heavy (non-hydrogen) atoms. The van der Waals surface area contributed by atoms with Crippen LogP contribution in [-0.4, -0.2) is 62.7 Å². The lowest BCUT2D eigenvalue weighted by atomic mass is 10.1. The normalized spacial score (nSPS) is 15.4. The average molecular weight is 497 g/mol. The van der Waals surface area contributed by atoms with Gasteiger partial charge in [0.05, 0.1) is 30.2 Å². The summed E-state index contributed by atoms with van der Waals surface area (Å²) in [6.07, 6.45) is 5.38. The molecule has 4 heterocycles. The fourth-order valence-corrected chi connectivity index (χ4v) is 4.29. The number of ether oxygens (including phenoxy) is 2. The van der Waals surface area contributed by atoms with Crippen molar-refractivity contribution >= 4 is 16.9 Å². The highest BCUT2D eigenvalue weighted by Gasteiger charge is 2.26. The fraction of sp³-hybridized carbons (Fsp3) is 0.360. The second-order valence-corrected chi connectivity index (χ2v) is 8.75. The maximum atomic E-state index is 14.0. The van der Waals surface area contributed by atoms with E-state index in [0.717, 1.165) is 11.6 Å². The lowest BCUT2D eigenvalue weighted by Crippen LogP contribution is -2.39. The highest BCUT2D eigenvalue weighted by Crippen LogP contribution is 2.32. The van der Waals surface area contributed by atoms with Crippen molar-refractivity contribution in [2.45, 2.75) is 25.0 Å². The Kier molecular flexibility index (Phi) is 6.75. The van der Waals surface area contributed by atoms with Crippen molar-refractivity contribution in [1.82, 2.24) is 24.7 Å². The van der Waals surface area contributed by atoms with E-state index in [-0.39, 0.29) is 18.5 Å². The topological polar surface area (TPSA) is 98.4 Å². The Balaban J connectivity index is 1.42. The van der Waals surface area contributed by atoms with Crippen LogP contribution in [-0.2, 0) is 11.8 Å². The number of pyridine rings is 1. The number of aliphatic hydroxyl groups excluding tert-OH is 1. The second-order valence-electron chi connectivity index (χ2n) is 8.75. The van der Waals surface area contributed by atoms with Crippen molar-refractivity contribution in [2.24, 2.45) is 7.05 Å². The van der Waals surface area contributed by atoms with Crippen LogP contribution in [0.1, 0.15) is 24.6 Å². The number of anilines is 1. The van der Waals surface area contributed by atoms with Gasteiger partial charge in [-0.25, -0.2) is 18.7 Å². The predicted molar refractivity (Wildman–Crippen MR) is 129 cm³/mol. The molecule has 0 amide bonds. The summed E-state index contributed by atoms with van der Waals surface area (Å²) in [5.41, 5.74) is 3.12. The summed E-state index contributed by atoms with van der Waals surface area (Å²) in [7, 11) is 3.35. The molecule has 1 atom stereocenters. The standard InChI is InChI=1S/C25H26F2N6O3/c1-32-13-15(11-29-32)24-25(31-21-12-28-20(10-19(21)30-24)22(34)14-35-2)33-7-5-17(6-8-33)36-23-4-3-16(26)9-18(23)27/h3-4,9-13,17,22,34H,5-8,14H2,1-2H3/t22-/m0/s1. The van der Waals surface area contributed by atoms with Gasteiger partial charge in [0, 0.05) is 57.9 Å². The Bertz CT molecular complexity index is 1370. The van der Waals surface area contributed by atoms with Gasteiger partial charge in [-0.2, -0.15) is 5.10 Å². The predicted octanol–water partition coefficient (Wildman–Crippen LogP) is 3.43. The largest absolute Gasteiger partial charge is 0.487 e. The van der Waals surface area contributed by atoms with Gasteiger partial charge < -0.3 is 19.5 Å². The second kappa shape index (κ2) is 10.1. The average Bonchev–Trinajstić information content (AvgIpc) is 3.31. The third kappa shape index (κ3) is 4.98. The van der Waals surface area contributed by atoms with Gasteiger partial charge in [-0.3, -0.25) is 9.67 Å². The Morgan fingerprint density at radius 2 is 1.92 bits per heavy atom. The maximum absolute atomic E-state index is 14.0. The number of methoxy groups -OCH3 is 1. The van der Waals surface area contributed by atoms with E-state index in [1.165, 1.54) is 19.2 Å². The molecule has 0 bridgehead atoms. The molecule has 11 heteroatoms. The molecule has 0 radical (unpaired) electrons. The van der Waals surface area contributed by atoms with Crippen LogP contribution in [0.25, 0.3) is 22.3 Å². The lowest BCUT2D eigenvalue weighted by Gasteiger charge is -2.33. The number of rotatable bonds is 7. The van der Waals surface area contributed by atoms with Crippen LogP contribution in [0.15, 0.2) is 42.9 Å². The fourth-order valence-electron chi connectivity index (χ4n) is 4.29. The van der Waals surface area contributed by atoms with Crippen LogP contribution >= 0.6 is 0 Å². The number of hydrogen-bond acceptors (Lipinski definition) is 8. The molecule has 1 fully saturated rings. The van der Waals surface area contributed by atoms with E-state index in [0.29, 0.717) is 54.2 Å². The zero-order valence-electron chi connectivity index (χ0n) is 19.9. The van der Waals surface area contributed by atoms with E-state index in [1.807, 2.05) is 13.2 Å². The van der Waals surface area contributed by atoms with Gasteiger partial charge in [-0.1, -0.05) is 0 Å². The number of aryl methyl sites for hydroxylation is 1. The zero-order chi connectivity index (χ0) is 25.2. The minimum Gasteiger partial charge on any atom is -0.487 e. The molecule has 1 saturated heterocycles. The molecular formula is C25H26F2N6O3. The van der Waals surface area contributed by atoms with Gasteiger partial charge >= 0.3 is 0 Å². The molecule has 1 aromatic carbocycles. The van der Waals surface area contributed by atoms with Gasteiger partial charge in [0.2, 0.25) is 0 Å². The van der Waals surface area contributed by atoms with Crippen LogP contribution in [0.5, 0.6) is 5.75 Å². The molecular weight excluding hydrogens is 470 g/mol. The Hall–Kier alpha value is -3.70. The number of halogens is 2. The summed E-state index contributed by atoms with van der Waals surface area (Å²) in [5, 5.41) is 14.6. The number of aromatic nitrogens is 5. The van der Waals surface area contributed by atoms with Crippen molar-refractivity contribution in [2.75, 3.05) is 31.7 Å². The van der Waals surface area contributed by atoms with Crippen molar-refractivity contribution in [3.63, 3.8) is 0 Å². The number of aliphatic hydroxyl groups is 1. The summed E-state index contributed by atoms with van der Waals surface area (Å²) in [5.74, 6) is -0.607. The van der Waals surface area contributed by atoms with Crippen LogP contribution in [0.2, 0.25) is 0 Å². The molecule has 4 aromatic rings. The first kappa shape index (κ1) is 24.0. The molecule has 1 aliphatic heterocycles. The quantitative estimate of drug-likeness (QED) is 0.416. The van der Waals surface area contributed by atoms with E-state index < -0.39 is 17.7 Å². The van der Waals surface area contributed by atoms with E-state index in [2.05, 4.69) is 15.0 Å². The first-order valence-electron chi connectivity index (χ1n) is 11.6. The zero-order valence-corrected chi connectivity index (χ0v) is 19.9. The highest BCUT2D eigenvalue weighted by atomic mass is 19.1. The SMILES string of the molecule is COC[C@H](O)c1cc2nc(-c3cnn(C)c3)c(N3CCC(Oc4ccc(F)cc4F)CC3)nc2cn1. The molecule has 5 rings (SSSR count). The van der Waals surface area contributed by atoms with Crippen LogP contribution in [0.4, 0.5) is 14.6 Å². The lowest BCUT2D eigenvalue weighted by molar-refractivity contribution is 0.0618. The highest BCUT2D eigenvalue weighted by molar-refractivity contribution is 5.83. The van der Waals surface area contributed by atoms with Gasteiger partial charge in [-0.15, -0.1) is 0 Å². The number of nitrogens with zero attached hydrogens (tertiary/aromatic N) is 6. The third-order valence-corrected chi connectivity index (χ3v) is 6.13. The van der Waals surface area contributed by atoms with Crippen molar-refractivity contribution < 1.29 is 23.4 Å². The van der Waals surface area contributed by atoms with Crippen LogP contribution in [0, 0.1) is 11.6 Å². The summed E-state index contributed by atoms with van der Waals surface area (Å²) in [6, 6.07) is 5.04. The third-order valence-electron chi connectivity index (χ3n) is 6.13. The molecule has 1 N–H and O–H groups in total. The van der Waals surface area contributed by atoms with Crippen molar-refractivity contribution in [3.8, 4) is 17.0 Å². The summed E-state index contributed by atoms with van der Waals surface area (Å²) >= 11 is 0. The van der Waals surface area contributed by atoms with Gasteiger partial charge in [0.25, 0.3) is 0 Å². The first-order chi connectivity index (χ1) is 17.4.